The van der Waals surface area contributed by atoms with Gasteiger partial charge in [0, 0.05) is 11.6 Å². The predicted molar refractivity (Wildman–Crippen MR) is 88.3 cm³/mol. The molecule has 0 spiro atoms. The van der Waals surface area contributed by atoms with Crippen molar-refractivity contribution in [2.45, 2.75) is 19.6 Å². The lowest BCUT2D eigenvalue weighted by molar-refractivity contribution is -0.127. The van der Waals surface area contributed by atoms with Crippen LogP contribution in [0.3, 0.4) is 0 Å². The van der Waals surface area contributed by atoms with Crippen LogP contribution in [0.1, 0.15) is 22.8 Å². The molecule has 3 N–H and O–H groups in total. The molecule has 1 atom stereocenters. The normalized spacial score (nSPS) is 11.6. The second-order valence-corrected chi connectivity index (χ2v) is 5.40. The van der Waals surface area contributed by atoms with Gasteiger partial charge in [0.25, 0.3) is 11.8 Å². The molecule has 2 aromatic carbocycles. The van der Waals surface area contributed by atoms with Crippen LogP contribution in [0, 0.1) is 0 Å². The van der Waals surface area contributed by atoms with E-state index in [0.29, 0.717) is 11.6 Å². The zero-order valence-corrected chi connectivity index (χ0v) is 13.3. The first-order valence-electron chi connectivity index (χ1n) is 7.05. The Kier molecular flexibility index (Phi) is 5.60. The van der Waals surface area contributed by atoms with Crippen molar-refractivity contribution in [3.05, 3.63) is 64.7 Å². The minimum absolute atomic E-state index is 0.241. The van der Waals surface area contributed by atoms with Gasteiger partial charge in [-0.1, -0.05) is 35.9 Å². The van der Waals surface area contributed by atoms with Crippen LogP contribution >= 0.6 is 11.6 Å². The lowest BCUT2D eigenvalue weighted by atomic mass is 10.2. The van der Waals surface area contributed by atoms with E-state index < -0.39 is 12.0 Å². The molecular weight excluding hydrogens is 316 g/mol. The summed E-state index contributed by atoms with van der Waals surface area (Å²) in [4.78, 5) is 23.4. The fourth-order valence-electron chi connectivity index (χ4n) is 1.95. The first kappa shape index (κ1) is 16.8. The number of amides is 2. The Labute approximate surface area is 139 Å². The number of nitrogens with two attached hydrogens (primary N) is 1. The Balaban J connectivity index is 1.95. The molecule has 0 fully saturated rings. The zero-order valence-electron chi connectivity index (χ0n) is 12.6. The Morgan fingerprint density at radius 2 is 1.83 bits per heavy atom. The summed E-state index contributed by atoms with van der Waals surface area (Å²) in [6.45, 7) is 1.97. The zero-order chi connectivity index (χ0) is 16.8. The average molecular weight is 333 g/mol. The van der Waals surface area contributed by atoms with Crippen LogP contribution < -0.4 is 15.8 Å². The van der Waals surface area contributed by atoms with Gasteiger partial charge in [-0.05, 0) is 36.8 Å². The lowest BCUT2D eigenvalue weighted by Crippen LogP contribution is -2.36. The number of benzene rings is 2. The van der Waals surface area contributed by atoms with Gasteiger partial charge in [-0.2, -0.15) is 0 Å². The number of hydrogen-bond acceptors (Lipinski definition) is 3. The average Bonchev–Trinajstić information content (AvgIpc) is 2.54. The molecule has 0 saturated heterocycles. The van der Waals surface area contributed by atoms with Crippen molar-refractivity contribution in [3.8, 4) is 5.75 Å². The van der Waals surface area contributed by atoms with E-state index in [4.69, 9.17) is 22.1 Å². The van der Waals surface area contributed by atoms with Crippen molar-refractivity contribution in [2.24, 2.45) is 5.73 Å². The highest BCUT2D eigenvalue weighted by molar-refractivity contribution is 6.30. The van der Waals surface area contributed by atoms with Crippen LogP contribution in [-0.2, 0) is 11.3 Å². The predicted octanol–water partition coefficient (Wildman–Crippen LogP) is 2.52. The molecule has 0 aliphatic carbocycles. The molecule has 0 aromatic heterocycles. The molecule has 0 heterocycles. The summed E-state index contributed by atoms with van der Waals surface area (Å²) < 4.78 is 5.54. The first-order valence-corrected chi connectivity index (χ1v) is 7.43. The van der Waals surface area contributed by atoms with Gasteiger partial charge in [-0.3, -0.25) is 9.59 Å². The third-order valence-corrected chi connectivity index (χ3v) is 3.46. The number of ether oxygens (including phenoxy) is 1. The van der Waals surface area contributed by atoms with Gasteiger partial charge in [-0.15, -0.1) is 0 Å². The fraction of sp³-hybridized carbons (Fsp3) is 0.176. The second-order valence-electron chi connectivity index (χ2n) is 4.96. The molecule has 0 unspecified atom stereocenters. The number of carbonyl (C=O) groups is 2. The number of halogens is 1. The van der Waals surface area contributed by atoms with Crippen molar-refractivity contribution in [2.75, 3.05) is 0 Å². The molecule has 5 nitrogen and oxygen atoms in total. The minimum atomic E-state index is -0.761. The van der Waals surface area contributed by atoms with Crippen LogP contribution in [0.5, 0.6) is 5.75 Å². The molecule has 0 aliphatic heterocycles. The fourth-order valence-corrected chi connectivity index (χ4v) is 2.08. The summed E-state index contributed by atoms with van der Waals surface area (Å²) in [6, 6.07) is 13.7. The minimum Gasteiger partial charge on any atom is -0.480 e. The number of rotatable bonds is 6. The molecule has 6 heteroatoms. The van der Waals surface area contributed by atoms with Gasteiger partial charge in [0.2, 0.25) is 0 Å². The number of hydrogen-bond donors (Lipinski definition) is 2. The molecule has 0 aliphatic rings. The number of carbonyl (C=O) groups excluding carboxylic acids is 2. The standard InChI is InChI=1S/C17H17ClN2O3/c1-11(23-15-5-3-2-4-14(15)16(19)21)17(22)20-10-12-6-8-13(18)9-7-12/h2-9,11H,10H2,1H3,(H2,19,21)(H,20,22)/t11-/m0/s1. The molecule has 2 rings (SSSR count). The first-order chi connectivity index (χ1) is 11.0. The third-order valence-electron chi connectivity index (χ3n) is 3.21. The van der Waals surface area contributed by atoms with Gasteiger partial charge in [-0.25, -0.2) is 0 Å². The molecule has 0 saturated carbocycles. The summed E-state index contributed by atoms with van der Waals surface area (Å²) in [5.74, 6) is -0.609. The molecule has 0 bridgehead atoms. The highest BCUT2D eigenvalue weighted by Crippen LogP contribution is 2.18. The molecule has 120 valence electrons. The van der Waals surface area contributed by atoms with Crippen molar-refractivity contribution < 1.29 is 14.3 Å². The van der Waals surface area contributed by atoms with E-state index in [9.17, 15) is 9.59 Å². The lowest BCUT2D eigenvalue weighted by Gasteiger charge is -2.16. The van der Waals surface area contributed by atoms with Gasteiger partial charge < -0.3 is 15.8 Å². The summed E-state index contributed by atoms with van der Waals surface area (Å²) in [6.07, 6.45) is -0.761. The van der Waals surface area contributed by atoms with Crippen molar-refractivity contribution >= 4 is 23.4 Å². The van der Waals surface area contributed by atoms with Crippen LogP contribution in [-0.4, -0.2) is 17.9 Å². The van der Waals surface area contributed by atoms with E-state index in [1.807, 2.05) is 12.1 Å². The Hall–Kier alpha value is -2.53. The molecule has 2 amide bonds. The SMILES string of the molecule is C[C@H](Oc1ccccc1C(N)=O)C(=O)NCc1ccc(Cl)cc1. The van der Waals surface area contributed by atoms with Gasteiger partial charge in [0.1, 0.15) is 5.75 Å². The highest BCUT2D eigenvalue weighted by Gasteiger charge is 2.17. The summed E-state index contributed by atoms with van der Waals surface area (Å²) in [7, 11) is 0. The van der Waals surface area contributed by atoms with E-state index >= 15 is 0 Å². The summed E-state index contributed by atoms with van der Waals surface area (Å²) in [5.41, 5.74) is 6.45. The second kappa shape index (κ2) is 7.65. The quantitative estimate of drug-likeness (QED) is 0.852. The monoisotopic (exact) mass is 332 g/mol. The molecular formula is C17H17ClN2O3. The smallest absolute Gasteiger partial charge is 0.261 e. The van der Waals surface area contributed by atoms with E-state index in [1.165, 1.54) is 0 Å². The highest BCUT2D eigenvalue weighted by atomic mass is 35.5. The van der Waals surface area contributed by atoms with Crippen LogP contribution in [0.4, 0.5) is 0 Å². The van der Waals surface area contributed by atoms with Gasteiger partial charge in [0.15, 0.2) is 6.10 Å². The van der Waals surface area contributed by atoms with Crippen LogP contribution in [0.2, 0.25) is 5.02 Å². The van der Waals surface area contributed by atoms with E-state index in [1.54, 1.807) is 43.3 Å². The van der Waals surface area contributed by atoms with Crippen LogP contribution in [0.25, 0.3) is 0 Å². The van der Waals surface area contributed by atoms with Crippen molar-refractivity contribution in [3.63, 3.8) is 0 Å². The Morgan fingerprint density at radius 1 is 1.17 bits per heavy atom. The Bertz CT molecular complexity index is 701. The van der Waals surface area contributed by atoms with Gasteiger partial charge >= 0.3 is 0 Å². The molecule has 0 radical (unpaired) electrons. The van der Waals surface area contributed by atoms with E-state index in [-0.39, 0.29) is 17.2 Å². The number of primary amides is 1. The number of nitrogens with one attached hydrogen (secondary N) is 1. The van der Waals surface area contributed by atoms with Crippen LogP contribution in [0.15, 0.2) is 48.5 Å². The largest absolute Gasteiger partial charge is 0.480 e. The molecule has 23 heavy (non-hydrogen) atoms. The maximum absolute atomic E-state index is 12.1. The van der Waals surface area contributed by atoms with Gasteiger partial charge in [0.05, 0.1) is 5.56 Å². The van der Waals surface area contributed by atoms with E-state index in [0.717, 1.165) is 5.56 Å². The van der Waals surface area contributed by atoms with Crippen molar-refractivity contribution in [1.82, 2.24) is 5.32 Å². The maximum atomic E-state index is 12.1. The maximum Gasteiger partial charge on any atom is 0.261 e. The number of para-hydroxylation sites is 1. The van der Waals surface area contributed by atoms with Crippen molar-refractivity contribution in [1.29, 1.82) is 0 Å². The molecule has 2 aromatic rings. The topological polar surface area (TPSA) is 81.4 Å². The third kappa shape index (κ3) is 4.72. The Morgan fingerprint density at radius 3 is 2.48 bits per heavy atom. The summed E-state index contributed by atoms with van der Waals surface area (Å²) in [5, 5.41) is 3.40. The summed E-state index contributed by atoms with van der Waals surface area (Å²) >= 11 is 5.81. The van der Waals surface area contributed by atoms with E-state index in [2.05, 4.69) is 5.32 Å².